The van der Waals surface area contributed by atoms with Crippen LogP contribution in [-0.4, -0.2) is 11.7 Å². The molecule has 1 atom stereocenters. The number of hydrogen-bond acceptors (Lipinski definition) is 3. The smallest absolute Gasteiger partial charge is 0.120 e. The van der Waals surface area contributed by atoms with E-state index in [1.807, 2.05) is 6.07 Å². The Morgan fingerprint density at radius 2 is 2.21 bits per heavy atom. The summed E-state index contributed by atoms with van der Waals surface area (Å²) in [4.78, 5) is 0. The van der Waals surface area contributed by atoms with Crippen molar-refractivity contribution in [3.05, 3.63) is 23.8 Å². The Hall–Kier alpha value is -1.22. The van der Waals surface area contributed by atoms with Gasteiger partial charge in [-0.25, -0.2) is 0 Å². The maximum Gasteiger partial charge on any atom is 0.120 e. The number of phenols is 1. The predicted molar refractivity (Wildman–Crippen MR) is 57.1 cm³/mol. The van der Waals surface area contributed by atoms with Crippen molar-refractivity contribution in [1.82, 2.24) is 5.32 Å². The second kappa shape index (κ2) is 3.88. The van der Waals surface area contributed by atoms with E-state index in [2.05, 4.69) is 5.32 Å². The molecular weight excluding hydrogens is 176 g/mol. The Bertz CT molecular complexity index is 319. The molecule has 1 aliphatic rings. The van der Waals surface area contributed by atoms with Crippen LogP contribution < -0.4 is 11.1 Å². The van der Waals surface area contributed by atoms with Gasteiger partial charge in [0.1, 0.15) is 5.75 Å². The van der Waals surface area contributed by atoms with E-state index >= 15 is 0 Å². The quantitative estimate of drug-likeness (QED) is 0.469. The second-order valence-corrected chi connectivity index (χ2v) is 3.82. The van der Waals surface area contributed by atoms with Crippen LogP contribution in [0.1, 0.15) is 30.9 Å². The fourth-order valence-electron chi connectivity index (χ4n) is 1.97. The summed E-state index contributed by atoms with van der Waals surface area (Å²) >= 11 is 0. The molecule has 1 fully saturated rings. The van der Waals surface area contributed by atoms with Crippen molar-refractivity contribution >= 4 is 5.69 Å². The van der Waals surface area contributed by atoms with Gasteiger partial charge in [-0.05, 0) is 37.6 Å². The van der Waals surface area contributed by atoms with E-state index in [0.717, 1.165) is 18.5 Å². The van der Waals surface area contributed by atoms with E-state index in [9.17, 15) is 5.11 Å². The van der Waals surface area contributed by atoms with Gasteiger partial charge in [-0.3, -0.25) is 0 Å². The lowest BCUT2D eigenvalue weighted by molar-refractivity contribution is 0.391. The van der Waals surface area contributed by atoms with Crippen LogP contribution in [0, 0.1) is 0 Å². The van der Waals surface area contributed by atoms with Crippen LogP contribution in [0.3, 0.4) is 0 Å². The molecule has 3 heteroatoms. The third-order valence-electron chi connectivity index (χ3n) is 2.74. The number of hydrogen-bond donors (Lipinski definition) is 3. The average Bonchev–Trinajstić information content (AvgIpc) is 2.23. The van der Waals surface area contributed by atoms with E-state index < -0.39 is 0 Å². The minimum atomic E-state index is 0.271. The molecular formula is C11H16N2O. The lowest BCUT2D eigenvalue weighted by Gasteiger charge is -2.24. The molecule has 76 valence electrons. The molecule has 0 saturated carbocycles. The minimum absolute atomic E-state index is 0.271. The first kappa shape index (κ1) is 9.34. The Morgan fingerprint density at radius 3 is 2.93 bits per heavy atom. The van der Waals surface area contributed by atoms with Crippen molar-refractivity contribution in [3.8, 4) is 5.75 Å². The van der Waals surface area contributed by atoms with Crippen LogP contribution in [-0.2, 0) is 0 Å². The monoisotopic (exact) mass is 192 g/mol. The number of nitrogen functional groups attached to an aromatic ring is 1. The maximum atomic E-state index is 9.69. The summed E-state index contributed by atoms with van der Waals surface area (Å²) in [5.74, 6) is 0.346. The summed E-state index contributed by atoms with van der Waals surface area (Å²) in [5, 5.41) is 13.1. The van der Waals surface area contributed by atoms with E-state index in [-0.39, 0.29) is 6.04 Å². The molecule has 0 spiro atoms. The summed E-state index contributed by atoms with van der Waals surface area (Å²) in [6.07, 6.45) is 3.52. The largest absolute Gasteiger partial charge is 0.508 e. The molecule has 2 rings (SSSR count). The van der Waals surface area contributed by atoms with Gasteiger partial charge in [0, 0.05) is 17.3 Å². The highest BCUT2D eigenvalue weighted by Crippen LogP contribution is 2.30. The number of rotatable bonds is 1. The molecule has 1 unspecified atom stereocenters. The first-order valence-electron chi connectivity index (χ1n) is 5.09. The highest BCUT2D eigenvalue weighted by molar-refractivity contribution is 5.48. The third kappa shape index (κ3) is 1.82. The Kier molecular flexibility index (Phi) is 2.59. The second-order valence-electron chi connectivity index (χ2n) is 3.82. The molecule has 4 N–H and O–H groups in total. The van der Waals surface area contributed by atoms with Crippen molar-refractivity contribution in [1.29, 1.82) is 0 Å². The zero-order valence-corrected chi connectivity index (χ0v) is 8.16. The van der Waals surface area contributed by atoms with Crippen LogP contribution in [0.2, 0.25) is 0 Å². The summed E-state index contributed by atoms with van der Waals surface area (Å²) in [5.41, 5.74) is 7.34. The van der Waals surface area contributed by atoms with Gasteiger partial charge in [-0.15, -0.1) is 0 Å². The minimum Gasteiger partial charge on any atom is -0.508 e. The number of nitrogens with one attached hydrogen (secondary N) is 1. The van der Waals surface area contributed by atoms with Gasteiger partial charge in [-0.2, -0.15) is 0 Å². The van der Waals surface area contributed by atoms with Gasteiger partial charge in [0.2, 0.25) is 0 Å². The molecule has 3 nitrogen and oxygen atoms in total. The zero-order valence-electron chi connectivity index (χ0n) is 8.16. The number of aromatic hydroxyl groups is 1. The van der Waals surface area contributed by atoms with Crippen LogP contribution >= 0.6 is 0 Å². The van der Waals surface area contributed by atoms with E-state index in [0.29, 0.717) is 11.4 Å². The predicted octanol–water partition coefficient (Wildman–Crippen LogP) is 1.79. The lowest BCUT2D eigenvalue weighted by atomic mass is 9.96. The molecule has 1 aromatic rings. The van der Waals surface area contributed by atoms with Crippen LogP contribution in [0.4, 0.5) is 5.69 Å². The van der Waals surface area contributed by atoms with Crippen LogP contribution in [0.25, 0.3) is 0 Å². The zero-order chi connectivity index (χ0) is 9.97. The van der Waals surface area contributed by atoms with E-state index in [1.54, 1.807) is 12.1 Å². The highest BCUT2D eigenvalue weighted by atomic mass is 16.3. The SMILES string of the molecule is Nc1ccc(O)c(C2CCCCN2)c1. The number of phenolic OH excluding ortho intramolecular Hbond substituents is 1. The molecule has 1 aromatic carbocycles. The van der Waals surface area contributed by atoms with Crippen molar-refractivity contribution in [2.45, 2.75) is 25.3 Å². The molecule has 1 saturated heterocycles. The van der Waals surface area contributed by atoms with Gasteiger partial charge in [-0.1, -0.05) is 6.42 Å². The summed E-state index contributed by atoms with van der Waals surface area (Å²) in [7, 11) is 0. The van der Waals surface area contributed by atoms with E-state index in [4.69, 9.17) is 5.73 Å². The molecule has 0 aromatic heterocycles. The van der Waals surface area contributed by atoms with Gasteiger partial charge in [0.15, 0.2) is 0 Å². The summed E-state index contributed by atoms with van der Waals surface area (Å²) in [6.45, 7) is 1.03. The standard InChI is InChI=1S/C11H16N2O/c12-8-4-5-11(14)9(7-8)10-3-1-2-6-13-10/h4-5,7,10,13-14H,1-3,6,12H2. The lowest BCUT2D eigenvalue weighted by Crippen LogP contribution is -2.26. The van der Waals surface area contributed by atoms with Crippen molar-refractivity contribution in [2.24, 2.45) is 0 Å². The van der Waals surface area contributed by atoms with Crippen molar-refractivity contribution < 1.29 is 5.11 Å². The number of anilines is 1. The molecule has 1 heterocycles. The summed E-state index contributed by atoms with van der Waals surface area (Å²) in [6, 6.07) is 5.52. The molecule has 0 radical (unpaired) electrons. The van der Waals surface area contributed by atoms with Gasteiger partial charge in [0.25, 0.3) is 0 Å². The summed E-state index contributed by atoms with van der Waals surface area (Å²) < 4.78 is 0. The number of nitrogens with two attached hydrogens (primary N) is 1. The Balaban J connectivity index is 2.24. The van der Waals surface area contributed by atoms with Crippen LogP contribution in [0.5, 0.6) is 5.75 Å². The Labute approximate surface area is 83.9 Å². The fraction of sp³-hybridized carbons (Fsp3) is 0.455. The van der Waals surface area contributed by atoms with Gasteiger partial charge < -0.3 is 16.2 Å². The molecule has 0 amide bonds. The topological polar surface area (TPSA) is 58.3 Å². The Morgan fingerprint density at radius 1 is 1.36 bits per heavy atom. The highest BCUT2D eigenvalue weighted by Gasteiger charge is 2.17. The van der Waals surface area contributed by atoms with Crippen molar-refractivity contribution in [2.75, 3.05) is 12.3 Å². The van der Waals surface area contributed by atoms with Gasteiger partial charge >= 0.3 is 0 Å². The van der Waals surface area contributed by atoms with E-state index in [1.165, 1.54) is 12.8 Å². The third-order valence-corrected chi connectivity index (χ3v) is 2.74. The van der Waals surface area contributed by atoms with Gasteiger partial charge in [0.05, 0.1) is 0 Å². The van der Waals surface area contributed by atoms with Crippen LogP contribution in [0.15, 0.2) is 18.2 Å². The molecule has 0 aliphatic carbocycles. The fourth-order valence-corrected chi connectivity index (χ4v) is 1.97. The first-order valence-corrected chi connectivity index (χ1v) is 5.09. The molecule has 14 heavy (non-hydrogen) atoms. The normalized spacial score (nSPS) is 22.1. The molecule has 0 bridgehead atoms. The average molecular weight is 192 g/mol. The number of piperidine rings is 1. The maximum absolute atomic E-state index is 9.69. The number of benzene rings is 1. The van der Waals surface area contributed by atoms with Crippen molar-refractivity contribution in [3.63, 3.8) is 0 Å². The first-order chi connectivity index (χ1) is 6.77. The molecule has 1 aliphatic heterocycles.